The standard InChI is InChI=1S/C16H15NO2S/c1-9-4-5-14-12(6-9)7-15(19-14)13(18)8-16-17-10(2)11(3)20-16/h4-7H,8H2,1-3H3. The first-order valence-corrected chi connectivity index (χ1v) is 7.31. The molecule has 0 atom stereocenters. The smallest absolute Gasteiger partial charge is 0.204 e. The molecule has 3 aromatic rings. The first kappa shape index (κ1) is 13.1. The quantitative estimate of drug-likeness (QED) is 0.676. The molecule has 0 fully saturated rings. The molecule has 0 bridgehead atoms. The molecule has 1 aromatic carbocycles. The lowest BCUT2D eigenvalue weighted by Gasteiger charge is -1.92. The number of aryl methyl sites for hydroxylation is 3. The second kappa shape index (κ2) is 4.87. The molecule has 102 valence electrons. The first-order valence-electron chi connectivity index (χ1n) is 6.49. The van der Waals surface area contributed by atoms with Gasteiger partial charge in [-0.05, 0) is 39.0 Å². The van der Waals surface area contributed by atoms with Crippen LogP contribution in [0.15, 0.2) is 28.7 Å². The van der Waals surface area contributed by atoms with Crippen LogP contribution in [0.4, 0.5) is 0 Å². The van der Waals surface area contributed by atoms with E-state index in [1.807, 2.05) is 45.0 Å². The lowest BCUT2D eigenvalue weighted by Crippen LogP contribution is -2.01. The van der Waals surface area contributed by atoms with Gasteiger partial charge in [0.25, 0.3) is 0 Å². The second-order valence-electron chi connectivity index (χ2n) is 5.00. The Labute approximate surface area is 121 Å². The van der Waals surface area contributed by atoms with Crippen LogP contribution in [0.2, 0.25) is 0 Å². The van der Waals surface area contributed by atoms with Crippen LogP contribution in [0, 0.1) is 20.8 Å². The van der Waals surface area contributed by atoms with Gasteiger partial charge in [0.1, 0.15) is 10.6 Å². The molecule has 20 heavy (non-hydrogen) atoms. The van der Waals surface area contributed by atoms with Gasteiger partial charge in [-0.25, -0.2) is 4.98 Å². The van der Waals surface area contributed by atoms with Gasteiger partial charge in [-0.15, -0.1) is 11.3 Å². The summed E-state index contributed by atoms with van der Waals surface area (Å²) in [6.45, 7) is 6.00. The summed E-state index contributed by atoms with van der Waals surface area (Å²) >= 11 is 1.57. The average molecular weight is 285 g/mol. The molecule has 0 N–H and O–H groups in total. The summed E-state index contributed by atoms with van der Waals surface area (Å²) in [4.78, 5) is 17.8. The highest BCUT2D eigenvalue weighted by atomic mass is 32.1. The number of hydrogen-bond acceptors (Lipinski definition) is 4. The van der Waals surface area contributed by atoms with Crippen LogP contribution in [0.25, 0.3) is 11.0 Å². The summed E-state index contributed by atoms with van der Waals surface area (Å²) in [5.74, 6) is 0.392. The zero-order valence-corrected chi connectivity index (χ0v) is 12.5. The molecule has 0 spiro atoms. The Morgan fingerprint density at radius 2 is 2.05 bits per heavy atom. The summed E-state index contributed by atoms with van der Waals surface area (Å²) in [7, 11) is 0. The minimum absolute atomic E-state index is 0.0207. The molecule has 3 nitrogen and oxygen atoms in total. The number of benzene rings is 1. The van der Waals surface area contributed by atoms with Crippen LogP contribution in [-0.2, 0) is 6.42 Å². The van der Waals surface area contributed by atoms with E-state index in [-0.39, 0.29) is 5.78 Å². The Hall–Kier alpha value is -1.94. The third kappa shape index (κ3) is 2.39. The van der Waals surface area contributed by atoms with Gasteiger partial charge in [-0.2, -0.15) is 0 Å². The second-order valence-corrected chi connectivity index (χ2v) is 6.29. The predicted octanol–water partition coefficient (Wildman–Crippen LogP) is 4.24. The zero-order chi connectivity index (χ0) is 14.3. The van der Waals surface area contributed by atoms with Crippen LogP contribution in [0.1, 0.15) is 31.7 Å². The molecular formula is C16H15NO2S. The van der Waals surface area contributed by atoms with Crippen molar-refractivity contribution >= 4 is 28.1 Å². The molecule has 3 rings (SSSR count). The van der Waals surface area contributed by atoms with Gasteiger partial charge < -0.3 is 4.42 Å². The van der Waals surface area contributed by atoms with Gasteiger partial charge in [-0.1, -0.05) is 11.6 Å². The van der Waals surface area contributed by atoms with E-state index in [0.29, 0.717) is 12.2 Å². The Morgan fingerprint density at radius 1 is 1.25 bits per heavy atom. The van der Waals surface area contributed by atoms with Crippen molar-refractivity contribution in [3.05, 3.63) is 51.2 Å². The van der Waals surface area contributed by atoms with Crippen molar-refractivity contribution in [2.45, 2.75) is 27.2 Å². The predicted molar refractivity (Wildman–Crippen MR) is 80.6 cm³/mol. The number of rotatable bonds is 3. The van der Waals surface area contributed by atoms with Crippen molar-refractivity contribution in [2.75, 3.05) is 0 Å². The number of furan rings is 1. The maximum Gasteiger partial charge on any atom is 0.204 e. The number of nitrogens with zero attached hydrogens (tertiary/aromatic N) is 1. The Morgan fingerprint density at radius 3 is 2.75 bits per heavy atom. The first-order chi connectivity index (χ1) is 9.52. The Kier molecular flexibility index (Phi) is 3.18. The lowest BCUT2D eigenvalue weighted by molar-refractivity contribution is 0.0968. The van der Waals surface area contributed by atoms with Crippen molar-refractivity contribution in [2.24, 2.45) is 0 Å². The summed E-state index contributed by atoms with van der Waals surface area (Å²) < 4.78 is 5.62. The lowest BCUT2D eigenvalue weighted by atomic mass is 10.1. The number of thiazole rings is 1. The van der Waals surface area contributed by atoms with Gasteiger partial charge >= 0.3 is 0 Å². The van der Waals surface area contributed by atoms with Crippen molar-refractivity contribution in [1.29, 1.82) is 0 Å². The fraction of sp³-hybridized carbons (Fsp3) is 0.250. The van der Waals surface area contributed by atoms with E-state index >= 15 is 0 Å². The summed E-state index contributed by atoms with van der Waals surface area (Å²) in [5.41, 5.74) is 2.91. The summed E-state index contributed by atoms with van der Waals surface area (Å²) in [6, 6.07) is 7.72. The van der Waals surface area contributed by atoms with Crippen molar-refractivity contribution in [3.8, 4) is 0 Å². The fourth-order valence-corrected chi connectivity index (χ4v) is 3.07. The van der Waals surface area contributed by atoms with Crippen LogP contribution >= 0.6 is 11.3 Å². The van der Waals surface area contributed by atoms with Crippen molar-refractivity contribution < 1.29 is 9.21 Å². The Bertz CT molecular complexity index is 779. The number of aromatic nitrogens is 1. The number of carbonyl (C=O) groups is 1. The third-order valence-electron chi connectivity index (χ3n) is 3.33. The van der Waals surface area contributed by atoms with Crippen LogP contribution in [-0.4, -0.2) is 10.8 Å². The van der Waals surface area contributed by atoms with E-state index < -0.39 is 0 Å². The fourth-order valence-electron chi connectivity index (χ4n) is 2.14. The molecule has 0 saturated heterocycles. The molecule has 0 aliphatic carbocycles. The third-order valence-corrected chi connectivity index (χ3v) is 4.40. The number of fused-ring (bicyclic) bond motifs is 1. The highest BCUT2D eigenvalue weighted by Crippen LogP contribution is 2.23. The molecule has 4 heteroatoms. The van der Waals surface area contributed by atoms with Gasteiger partial charge in [0, 0.05) is 10.3 Å². The van der Waals surface area contributed by atoms with Gasteiger partial charge in [0.05, 0.1) is 12.1 Å². The Balaban J connectivity index is 1.88. The maximum absolute atomic E-state index is 12.3. The van der Waals surface area contributed by atoms with Gasteiger partial charge in [0.15, 0.2) is 5.76 Å². The largest absolute Gasteiger partial charge is 0.453 e. The van der Waals surface area contributed by atoms with E-state index in [0.717, 1.165) is 32.1 Å². The zero-order valence-electron chi connectivity index (χ0n) is 11.7. The van der Waals surface area contributed by atoms with E-state index in [1.165, 1.54) is 0 Å². The minimum Gasteiger partial charge on any atom is -0.453 e. The molecule has 2 aromatic heterocycles. The normalized spacial score (nSPS) is 11.2. The highest BCUT2D eigenvalue weighted by Gasteiger charge is 2.15. The SMILES string of the molecule is Cc1ccc2oc(C(=O)Cc3nc(C)c(C)s3)cc2c1. The monoisotopic (exact) mass is 285 g/mol. The molecule has 0 aliphatic heterocycles. The van der Waals surface area contributed by atoms with Crippen molar-refractivity contribution in [1.82, 2.24) is 4.98 Å². The van der Waals surface area contributed by atoms with Crippen LogP contribution in [0.5, 0.6) is 0 Å². The molecule has 0 aliphatic rings. The number of Topliss-reactive ketones (excluding diaryl/α,β-unsaturated/α-hetero) is 1. The molecule has 0 saturated carbocycles. The molecule has 0 radical (unpaired) electrons. The molecule has 2 heterocycles. The molecule has 0 amide bonds. The minimum atomic E-state index is -0.0207. The van der Waals surface area contributed by atoms with E-state index in [4.69, 9.17) is 4.42 Å². The molecular weight excluding hydrogens is 270 g/mol. The van der Waals surface area contributed by atoms with Gasteiger partial charge in [-0.3, -0.25) is 4.79 Å². The number of carbonyl (C=O) groups excluding carboxylic acids is 1. The highest BCUT2D eigenvalue weighted by molar-refractivity contribution is 7.11. The van der Waals surface area contributed by atoms with Crippen LogP contribution < -0.4 is 0 Å². The maximum atomic E-state index is 12.3. The number of hydrogen-bond donors (Lipinski definition) is 0. The van der Waals surface area contributed by atoms with E-state index in [9.17, 15) is 4.79 Å². The summed E-state index contributed by atoms with van der Waals surface area (Å²) in [6.07, 6.45) is 0.304. The topological polar surface area (TPSA) is 43.1 Å². The van der Waals surface area contributed by atoms with Gasteiger partial charge in [0.2, 0.25) is 5.78 Å². The average Bonchev–Trinajstić information content (AvgIpc) is 2.93. The van der Waals surface area contributed by atoms with E-state index in [2.05, 4.69) is 4.98 Å². The van der Waals surface area contributed by atoms with E-state index in [1.54, 1.807) is 11.3 Å². The molecule has 0 unspecified atom stereocenters. The number of ketones is 1. The summed E-state index contributed by atoms with van der Waals surface area (Å²) in [5, 5.41) is 1.82. The van der Waals surface area contributed by atoms with Crippen molar-refractivity contribution in [3.63, 3.8) is 0 Å². The van der Waals surface area contributed by atoms with Crippen LogP contribution in [0.3, 0.4) is 0 Å².